The molecule has 0 saturated heterocycles. The molecule has 9 heteroatoms. The molecule has 0 atom stereocenters. The molecule has 0 bridgehead atoms. The SMILES string of the molecule is COc1ccc(S(=O)(=O)NC=NCCN2CC(C)(C)C=N2)cc1Cl. The van der Waals surface area contributed by atoms with Gasteiger partial charge in [0.25, 0.3) is 10.0 Å². The van der Waals surface area contributed by atoms with Crippen molar-refractivity contribution in [2.45, 2.75) is 18.7 Å². The second-order valence-electron chi connectivity index (χ2n) is 6.07. The summed E-state index contributed by atoms with van der Waals surface area (Å²) in [6.07, 6.45) is 3.09. The van der Waals surface area contributed by atoms with Crippen molar-refractivity contribution in [1.29, 1.82) is 0 Å². The first-order valence-electron chi connectivity index (χ1n) is 7.38. The summed E-state index contributed by atoms with van der Waals surface area (Å²) >= 11 is 5.95. The highest BCUT2D eigenvalue weighted by atomic mass is 35.5. The topological polar surface area (TPSA) is 83.4 Å². The summed E-state index contributed by atoms with van der Waals surface area (Å²) in [5.74, 6) is 0.415. The molecule has 1 N–H and O–H groups in total. The third-order valence-corrected chi connectivity index (χ3v) is 4.97. The third-order valence-electron chi connectivity index (χ3n) is 3.38. The minimum Gasteiger partial charge on any atom is -0.495 e. The molecule has 7 nitrogen and oxygen atoms in total. The first-order valence-corrected chi connectivity index (χ1v) is 9.24. The van der Waals surface area contributed by atoms with E-state index in [0.29, 0.717) is 18.8 Å². The van der Waals surface area contributed by atoms with E-state index in [1.165, 1.54) is 31.6 Å². The zero-order chi connectivity index (χ0) is 17.8. The van der Waals surface area contributed by atoms with E-state index in [-0.39, 0.29) is 15.3 Å². The van der Waals surface area contributed by atoms with E-state index in [4.69, 9.17) is 16.3 Å². The molecule has 0 aromatic heterocycles. The van der Waals surface area contributed by atoms with Crippen LogP contribution in [0.3, 0.4) is 0 Å². The first-order chi connectivity index (χ1) is 11.2. The molecular formula is C15H21ClN4O3S. The Labute approximate surface area is 147 Å². The molecule has 0 amide bonds. The lowest BCUT2D eigenvalue weighted by Gasteiger charge is -2.18. The number of sulfonamides is 1. The van der Waals surface area contributed by atoms with Gasteiger partial charge in [0.05, 0.1) is 36.5 Å². The Bertz CT molecular complexity index is 747. The summed E-state index contributed by atoms with van der Waals surface area (Å²) in [6, 6.07) is 4.25. The van der Waals surface area contributed by atoms with Gasteiger partial charge in [-0.1, -0.05) is 25.4 Å². The van der Waals surface area contributed by atoms with Gasteiger partial charge in [-0.15, -0.1) is 0 Å². The van der Waals surface area contributed by atoms with Gasteiger partial charge in [0.2, 0.25) is 0 Å². The maximum atomic E-state index is 12.2. The quantitative estimate of drug-likeness (QED) is 0.586. The van der Waals surface area contributed by atoms with E-state index in [9.17, 15) is 8.42 Å². The van der Waals surface area contributed by atoms with Crippen molar-refractivity contribution in [3.8, 4) is 5.75 Å². The Morgan fingerprint density at radius 3 is 2.83 bits per heavy atom. The van der Waals surface area contributed by atoms with Crippen molar-refractivity contribution in [2.75, 3.05) is 26.7 Å². The molecule has 1 aliphatic rings. The van der Waals surface area contributed by atoms with Gasteiger partial charge in [0.15, 0.2) is 0 Å². The van der Waals surface area contributed by atoms with E-state index >= 15 is 0 Å². The Morgan fingerprint density at radius 1 is 1.50 bits per heavy atom. The highest BCUT2D eigenvalue weighted by Gasteiger charge is 2.24. The summed E-state index contributed by atoms with van der Waals surface area (Å²) in [4.78, 5) is 4.11. The van der Waals surface area contributed by atoms with Gasteiger partial charge < -0.3 is 4.74 Å². The second-order valence-corrected chi connectivity index (χ2v) is 8.20. The van der Waals surface area contributed by atoms with Crippen LogP contribution in [0.4, 0.5) is 0 Å². The Hall–Kier alpha value is -1.80. The van der Waals surface area contributed by atoms with Gasteiger partial charge >= 0.3 is 0 Å². The van der Waals surface area contributed by atoms with Crippen molar-refractivity contribution >= 4 is 34.2 Å². The number of nitrogens with zero attached hydrogens (tertiary/aromatic N) is 3. The van der Waals surface area contributed by atoms with Gasteiger partial charge in [0, 0.05) is 18.2 Å². The summed E-state index contributed by atoms with van der Waals surface area (Å²) in [5, 5.41) is 6.42. The van der Waals surface area contributed by atoms with Crippen molar-refractivity contribution in [2.24, 2.45) is 15.5 Å². The molecule has 2 rings (SSSR count). The molecule has 24 heavy (non-hydrogen) atoms. The fourth-order valence-corrected chi connectivity index (χ4v) is 3.35. The van der Waals surface area contributed by atoms with Gasteiger partial charge in [-0.05, 0) is 18.2 Å². The van der Waals surface area contributed by atoms with Gasteiger partial charge in [-0.2, -0.15) is 5.10 Å². The van der Waals surface area contributed by atoms with E-state index in [1.54, 1.807) is 0 Å². The number of benzene rings is 1. The van der Waals surface area contributed by atoms with Crippen LogP contribution in [0.5, 0.6) is 5.75 Å². The van der Waals surface area contributed by atoms with Gasteiger partial charge in [-0.3, -0.25) is 14.7 Å². The molecule has 0 aliphatic carbocycles. The van der Waals surface area contributed by atoms with Crippen molar-refractivity contribution in [3.63, 3.8) is 0 Å². The lowest BCUT2D eigenvalue weighted by molar-refractivity contribution is 0.273. The molecule has 0 unspecified atom stereocenters. The zero-order valence-corrected chi connectivity index (χ0v) is 15.4. The number of hydrogen-bond acceptors (Lipinski definition) is 6. The summed E-state index contributed by atoms with van der Waals surface area (Å²) in [7, 11) is -2.24. The van der Waals surface area contributed by atoms with E-state index in [0.717, 1.165) is 6.54 Å². The maximum Gasteiger partial charge on any atom is 0.262 e. The maximum absolute atomic E-state index is 12.2. The summed E-state index contributed by atoms with van der Waals surface area (Å²) < 4.78 is 31.6. The first kappa shape index (κ1) is 18.5. The highest BCUT2D eigenvalue weighted by molar-refractivity contribution is 7.90. The average molecular weight is 373 g/mol. The van der Waals surface area contributed by atoms with Crippen LogP contribution in [0.1, 0.15) is 13.8 Å². The van der Waals surface area contributed by atoms with Crippen LogP contribution in [0, 0.1) is 5.41 Å². The largest absolute Gasteiger partial charge is 0.495 e. The summed E-state index contributed by atoms with van der Waals surface area (Å²) in [5.41, 5.74) is 0.0684. The molecule has 0 fully saturated rings. The smallest absolute Gasteiger partial charge is 0.262 e. The molecule has 0 radical (unpaired) electrons. The average Bonchev–Trinajstić information content (AvgIpc) is 2.86. The summed E-state index contributed by atoms with van der Waals surface area (Å²) in [6.45, 7) is 6.12. The predicted molar refractivity (Wildman–Crippen MR) is 95.5 cm³/mol. The fourth-order valence-electron chi connectivity index (χ4n) is 2.15. The molecule has 0 spiro atoms. The van der Waals surface area contributed by atoms with E-state index < -0.39 is 10.0 Å². The standard InChI is InChI=1S/C15H21ClN4O3S/c1-15(2)9-18-20(10-15)7-6-17-11-19-24(21,22)12-4-5-14(23-3)13(16)8-12/h4-5,8-9,11H,6-7,10H2,1-3H3,(H,17,19). The van der Waals surface area contributed by atoms with Crippen molar-refractivity contribution in [1.82, 2.24) is 9.73 Å². The second kappa shape index (κ2) is 7.40. The molecule has 1 aromatic carbocycles. The van der Waals surface area contributed by atoms with Crippen LogP contribution in [0.2, 0.25) is 5.02 Å². The molecule has 0 saturated carbocycles. The van der Waals surface area contributed by atoms with E-state index in [1.807, 2.05) is 11.2 Å². The van der Waals surface area contributed by atoms with Gasteiger partial charge in [0.1, 0.15) is 5.75 Å². The highest BCUT2D eigenvalue weighted by Crippen LogP contribution is 2.26. The minimum absolute atomic E-state index is 0.0469. The molecule has 1 aliphatic heterocycles. The van der Waals surface area contributed by atoms with Crippen LogP contribution in [0.25, 0.3) is 0 Å². The number of hydrazone groups is 1. The third kappa shape index (κ3) is 4.85. The number of methoxy groups -OCH3 is 1. The number of hydrogen-bond donors (Lipinski definition) is 1. The van der Waals surface area contributed by atoms with Crippen LogP contribution < -0.4 is 9.46 Å². The molecule has 1 aromatic rings. The number of ether oxygens (including phenoxy) is 1. The number of aliphatic imine (C=N–C) groups is 1. The van der Waals surface area contributed by atoms with Crippen LogP contribution in [-0.2, 0) is 10.0 Å². The molecular weight excluding hydrogens is 352 g/mol. The predicted octanol–water partition coefficient (Wildman–Crippen LogP) is 1.98. The number of nitrogens with one attached hydrogen (secondary N) is 1. The van der Waals surface area contributed by atoms with Crippen LogP contribution in [0.15, 0.2) is 33.2 Å². The number of halogens is 1. The van der Waals surface area contributed by atoms with E-state index in [2.05, 4.69) is 28.7 Å². The normalized spacial score (nSPS) is 16.8. The fraction of sp³-hybridized carbons (Fsp3) is 0.467. The van der Waals surface area contributed by atoms with Crippen LogP contribution >= 0.6 is 11.6 Å². The monoisotopic (exact) mass is 372 g/mol. The molecule has 132 valence electrons. The minimum atomic E-state index is -3.71. The lowest BCUT2D eigenvalue weighted by Crippen LogP contribution is -2.26. The Balaban J connectivity index is 1.86. The number of rotatable bonds is 7. The Morgan fingerprint density at radius 2 is 2.25 bits per heavy atom. The molecule has 1 heterocycles. The van der Waals surface area contributed by atoms with Crippen LogP contribution in [-0.4, -0.2) is 52.7 Å². The van der Waals surface area contributed by atoms with Crippen molar-refractivity contribution in [3.05, 3.63) is 23.2 Å². The lowest BCUT2D eigenvalue weighted by atomic mass is 9.97. The van der Waals surface area contributed by atoms with Gasteiger partial charge in [-0.25, -0.2) is 8.42 Å². The Kier molecular flexibility index (Phi) is 5.71. The van der Waals surface area contributed by atoms with Crippen molar-refractivity contribution < 1.29 is 13.2 Å². The zero-order valence-electron chi connectivity index (χ0n) is 13.9.